The van der Waals surface area contributed by atoms with Gasteiger partial charge in [-0.3, -0.25) is 0 Å². The van der Waals surface area contributed by atoms with Crippen molar-refractivity contribution in [2.24, 2.45) is 0 Å². The second-order valence-electron chi connectivity index (χ2n) is 3.16. The summed E-state index contributed by atoms with van der Waals surface area (Å²) in [5.74, 6) is 0.338. The van der Waals surface area contributed by atoms with E-state index in [0.717, 1.165) is 0 Å². The minimum absolute atomic E-state index is 0.280. The van der Waals surface area contributed by atoms with Gasteiger partial charge in [-0.1, -0.05) is 12.7 Å². The standard InChI is InChI=1S/C12H15FO2/c1-4-7-15-10-5-6-12(13)11(8-10)9(2)14-3/h4-6,8-9H,1,7H2,2-3H3/t9-/m1/s1. The van der Waals surface area contributed by atoms with Crippen molar-refractivity contribution in [3.63, 3.8) is 0 Å². The van der Waals surface area contributed by atoms with Gasteiger partial charge in [-0.05, 0) is 25.1 Å². The summed E-state index contributed by atoms with van der Waals surface area (Å²) in [6, 6.07) is 4.61. The van der Waals surface area contributed by atoms with Crippen molar-refractivity contribution in [3.8, 4) is 5.75 Å². The van der Waals surface area contributed by atoms with Gasteiger partial charge in [-0.15, -0.1) is 0 Å². The molecule has 2 nitrogen and oxygen atoms in total. The molecule has 1 atom stereocenters. The maximum absolute atomic E-state index is 13.4. The summed E-state index contributed by atoms with van der Waals surface area (Å²) in [6.07, 6.45) is 1.36. The van der Waals surface area contributed by atoms with Crippen LogP contribution in [0.2, 0.25) is 0 Å². The second-order valence-corrected chi connectivity index (χ2v) is 3.16. The lowest BCUT2D eigenvalue weighted by molar-refractivity contribution is 0.116. The molecule has 0 fully saturated rings. The summed E-state index contributed by atoms with van der Waals surface area (Å²) in [4.78, 5) is 0. The fraction of sp³-hybridized carbons (Fsp3) is 0.333. The number of halogens is 1. The Bertz CT molecular complexity index is 336. The van der Waals surface area contributed by atoms with Crippen LogP contribution >= 0.6 is 0 Å². The Morgan fingerprint density at radius 2 is 2.27 bits per heavy atom. The summed E-state index contributed by atoms with van der Waals surface area (Å²) in [5.41, 5.74) is 0.499. The van der Waals surface area contributed by atoms with E-state index >= 15 is 0 Å². The minimum atomic E-state index is -0.282. The van der Waals surface area contributed by atoms with Gasteiger partial charge in [0.05, 0.1) is 6.10 Å². The topological polar surface area (TPSA) is 18.5 Å². The number of hydrogen-bond donors (Lipinski definition) is 0. The zero-order valence-corrected chi connectivity index (χ0v) is 9.00. The highest BCUT2D eigenvalue weighted by molar-refractivity contribution is 5.31. The first-order chi connectivity index (χ1) is 7.19. The molecular formula is C12H15FO2. The molecule has 15 heavy (non-hydrogen) atoms. The molecule has 0 unspecified atom stereocenters. The monoisotopic (exact) mass is 210 g/mol. The predicted molar refractivity (Wildman–Crippen MR) is 57.5 cm³/mol. The van der Waals surface area contributed by atoms with Gasteiger partial charge >= 0.3 is 0 Å². The van der Waals surface area contributed by atoms with Gasteiger partial charge in [-0.2, -0.15) is 0 Å². The van der Waals surface area contributed by atoms with Crippen LogP contribution in [0.15, 0.2) is 30.9 Å². The Hall–Kier alpha value is -1.35. The van der Waals surface area contributed by atoms with E-state index in [0.29, 0.717) is 17.9 Å². The first-order valence-corrected chi connectivity index (χ1v) is 4.75. The molecule has 0 saturated heterocycles. The lowest BCUT2D eigenvalue weighted by atomic mass is 10.1. The molecule has 3 heteroatoms. The molecule has 1 aromatic rings. The number of hydrogen-bond acceptors (Lipinski definition) is 2. The van der Waals surface area contributed by atoms with Crippen molar-refractivity contribution >= 4 is 0 Å². The first-order valence-electron chi connectivity index (χ1n) is 4.75. The molecule has 0 aliphatic carbocycles. The molecular weight excluding hydrogens is 195 g/mol. The average molecular weight is 210 g/mol. The van der Waals surface area contributed by atoms with Crippen LogP contribution in [0.1, 0.15) is 18.6 Å². The molecule has 0 spiro atoms. The molecule has 0 aliphatic heterocycles. The third-order valence-corrected chi connectivity index (χ3v) is 2.13. The van der Waals surface area contributed by atoms with Gasteiger partial charge in [0.25, 0.3) is 0 Å². The largest absolute Gasteiger partial charge is 0.490 e. The van der Waals surface area contributed by atoms with Crippen LogP contribution in [-0.4, -0.2) is 13.7 Å². The van der Waals surface area contributed by atoms with E-state index in [2.05, 4.69) is 6.58 Å². The van der Waals surface area contributed by atoms with Crippen LogP contribution in [0.25, 0.3) is 0 Å². The molecule has 0 N–H and O–H groups in total. The van der Waals surface area contributed by atoms with E-state index in [4.69, 9.17) is 9.47 Å². The summed E-state index contributed by atoms with van der Waals surface area (Å²) in [5, 5.41) is 0. The molecule has 0 aromatic heterocycles. The van der Waals surface area contributed by atoms with Gasteiger partial charge in [-0.25, -0.2) is 4.39 Å². The third-order valence-electron chi connectivity index (χ3n) is 2.13. The van der Waals surface area contributed by atoms with Gasteiger partial charge in [0, 0.05) is 12.7 Å². The van der Waals surface area contributed by atoms with Crippen LogP contribution in [0.4, 0.5) is 4.39 Å². The molecule has 0 aliphatic rings. The fourth-order valence-electron chi connectivity index (χ4n) is 1.21. The van der Waals surface area contributed by atoms with Crippen LogP contribution < -0.4 is 4.74 Å². The smallest absolute Gasteiger partial charge is 0.129 e. The van der Waals surface area contributed by atoms with Crippen molar-refractivity contribution in [2.45, 2.75) is 13.0 Å². The highest BCUT2D eigenvalue weighted by Crippen LogP contribution is 2.24. The third kappa shape index (κ3) is 3.06. The Balaban J connectivity index is 2.89. The predicted octanol–water partition coefficient (Wildman–Crippen LogP) is 3.10. The lowest BCUT2D eigenvalue weighted by Crippen LogP contribution is -2.01. The summed E-state index contributed by atoms with van der Waals surface area (Å²) in [6.45, 7) is 5.74. The van der Waals surface area contributed by atoms with E-state index in [1.165, 1.54) is 6.07 Å². The molecule has 1 aromatic carbocycles. The van der Waals surface area contributed by atoms with Crippen molar-refractivity contribution < 1.29 is 13.9 Å². The van der Waals surface area contributed by atoms with Gasteiger partial charge in [0.2, 0.25) is 0 Å². The fourth-order valence-corrected chi connectivity index (χ4v) is 1.21. The molecule has 0 saturated carbocycles. The van der Waals surface area contributed by atoms with E-state index in [1.807, 2.05) is 0 Å². The summed E-state index contributed by atoms with van der Waals surface area (Å²) >= 11 is 0. The maximum atomic E-state index is 13.4. The van der Waals surface area contributed by atoms with Crippen LogP contribution in [-0.2, 0) is 4.74 Å². The highest BCUT2D eigenvalue weighted by Gasteiger charge is 2.11. The molecule has 0 bridgehead atoms. The van der Waals surface area contributed by atoms with Crippen molar-refractivity contribution in [2.75, 3.05) is 13.7 Å². The molecule has 1 rings (SSSR count). The number of methoxy groups -OCH3 is 1. The van der Waals surface area contributed by atoms with Crippen LogP contribution in [0.3, 0.4) is 0 Å². The highest BCUT2D eigenvalue weighted by atomic mass is 19.1. The molecule has 0 amide bonds. The summed E-state index contributed by atoms with van der Waals surface area (Å²) < 4.78 is 23.7. The van der Waals surface area contributed by atoms with Gasteiger partial charge in [0.15, 0.2) is 0 Å². The second kappa shape index (κ2) is 5.51. The first kappa shape index (κ1) is 11.7. The Morgan fingerprint density at radius 1 is 1.53 bits per heavy atom. The molecule has 82 valence electrons. The average Bonchev–Trinajstić information content (AvgIpc) is 2.27. The van der Waals surface area contributed by atoms with E-state index < -0.39 is 0 Å². The zero-order valence-electron chi connectivity index (χ0n) is 9.00. The van der Waals surface area contributed by atoms with E-state index in [9.17, 15) is 4.39 Å². The number of benzene rings is 1. The SMILES string of the molecule is C=CCOc1ccc(F)c([C@@H](C)OC)c1. The molecule has 0 heterocycles. The van der Waals surface area contributed by atoms with Crippen molar-refractivity contribution in [1.82, 2.24) is 0 Å². The Kier molecular flexibility index (Phi) is 4.31. The Labute approximate surface area is 89.3 Å². The van der Waals surface area contributed by atoms with E-state index in [1.54, 1.807) is 32.2 Å². The lowest BCUT2D eigenvalue weighted by Gasteiger charge is -2.12. The van der Waals surface area contributed by atoms with Crippen molar-refractivity contribution in [1.29, 1.82) is 0 Å². The molecule has 0 radical (unpaired) electrons. The van der Waals surface area contributed by atoms with Crippen LogP contribution in [0, 0.1) is 5.82 Å². The normalized spacial score (nSPS) is 12.2. The zero-order chi connectivity index (χ0) is 11.3. The van der Waals surface area contributed by atoms with Crippen molar-refractivity contribution in [3.05, 3.63) is 42.2 Å². The van der Waals surface area contributed by atoms with Gasteiger partial charge in [0.1, 0.15) is 18.2 Å². The number of rotatable bonds is 5. The maximum Gasteiger partial charge on any atom is 0.129 e. The quantitative estimate of drug-likeness (QED) is 0.695. The number of ether oxygens (including phenoxy) is 2. The summed E-state index contributed by atoms with van der Waals surface area (Å²) in [7, 11) is 1.54. The van der Waals surface area contributed by atoms with Gasteiger partial charge < -0.3 is 9.47 Å². The Morgan fingerprint density at radius 3 is 2.87 bits per heavy atom. The minimum Gasteiger partial charge on any atom is -0.490 e. The van der Waals surface area contributed by atoms with Crippen LogP contribution in [0.5, 0.6) is 5.75 Å². The van der Waals surface area contributed by atoms with E-state index in [-0.39, 0.29) is 11.9 Å².